The molecule has 1 amide bonds. The van der Waals surface area contributed by atoms with Gasteiger partial charge in [-0.2, -0.15) is 0 Å². The number of fused-ring (bicyclic) bond motifs is 3. The Morgan fingerprint density at radius 1 is 0.972 bits per heavy atom. The molecule has 0 atom stereocenters. The molecule has 0 saturated heterocycles. The van der Waals surface area contributed by atoms with Crippen LogP contribution in [0.2, 0.25) is 0 Å². The number of aryl methyl sites for hydroxylation is 1. The first-order valence-electron chi connectivity index (χ1n) is 11.9. The SMILES string of the molecule is Cc1cccc(C(C)C)c1NC(=O)CSc1nnc2n(Cc3ccccc3)c(=O)c3ccccc3n12. The summed E-state index contributed by atoms with van der Waals surface area (Å²) in [7, 11) is 0. The molecule has 2 heterocycles. The van der Waals surface area contributed by atoms with Gasteiger partial charge in [0, 0.05) is 5.69 Å². The molecule has 8 heteroatoms. The maximum atomic E-state index is 13.4. The summed E-state index contributed by atoms with van der Waals surface area (Å²) in [5.41, 5.74) is 4.60. The fourth-order valence-corrected chi connectivity index (χ4v) is 5.12. The Kier molecular flexibility index (Phi) is 6.61. The highest BCUT2D eigenvalue weighted by Gasteiger charge is 2.19. The molecule has 36 heavy (non-hydrogen) atoms. The molecule has 0 bridgehead atoms. The van der Waals surface area contributed by atoms with Crippen LogP contribution in [-0.4, -0.2) is 30.8 Å². The van der Waals surface area contributed by atoms with Crippen LogP contribution in [0.25, 0.3) is 16.7 Å². The van der Waals surface area contributed by atoms with Crippen LogP contribution in [0.5, 0.6) is 0 Å². The zero-order chi connectivity index (χ0) is 25.2. The van der Waals surface area contributed by atoms with Crippen LogP contribution in [0.1, 0.15) is 36.5 Å². The maximum Gasteiger partial charge on any atom is 0.263 e. The van der Waals surface area contributed by atoms with Crippen LogP contribution < -0.4 is 10.9 Å². The van der Waals surface area contributed by atoms with Crippen molar-refractivity contribution < 1.29 is 4.79 Å². The van der Waals surface area contributed by atoms with Gasteiger partial charge >= 0.3 is 0 Å². The average Bonchev–Trinajstić information content (AvgIpc) is 3.31. The number of benzene rings is 3. The Balaban J connectivity index is 1.48. The number of carbonyl (C=O) groups excluding carboxylic acids is 1. The second kappa shape index (κ2) is 9.99. The summed E-state index contributed by atoms with van der Waals surface area (Å²) in [6, 6.07) is 23.3. The normalized spacial score (nSPS) is 11.4. The lowest BCUT2D eigenvalue weighted by atomic mass is 9.98. The van der Waals surface area contributed by atoms with Gasteiger partial charge in [-0.3, -0.25) is 18.6 Å². The minimum absolute atomic E-state index is 0.116. The average molecular weight is 498 g/mol. The number of aromatic nitrogens is 4. The van der Waals surface area contributed by atoms with Crippen molar-refractivity contribution in [1.82, 2.24) is 19.2 Å². The number of amides is 1. The van der Waals surface area contributed by atoms with E-state index in [-0.39, 0.29) is 17.2 Å². The summed E-state index contributed by atoms with van der Waals surface area (Å²) in [6.07, 6.45) is 0. The molecular formula is C28H27N5O2S. The largest absolute Gasteiger partial charge is 0.325 e. The Hall–Kier alpha value is -3.91. The fraction of sp³-hybridized carbons (Fsp3) is 0.214. The molecule has 1 N–H and O–H groups in total. The van der Waals surface area contributed by atoms with E-state index in [1.165, 1.54) is 11.8 Å². The molecule has 0 radical (unpaired) electrons. The zero-order valence-electron chi connectivity index (χ0n) is 20.4. The number of para-hydroxylation sites is 2. The molecule has 0 aliphatic rings. The Labute approximate surface area is 213 Å². The summed E-state index contributed by atoms with van der Waals surface area (Å²) in [5, 5.41) is 13.0. The van der Waals surface area contributed by atoms with Crippen LogP contribution in [0.15, 0.2) is 82.7 Å². The third-order valence-electron chi connectivity index (χ3n) is 6.19. The van der Waals surface area contributed by atoms with Crippen LogP contribution >= 0.6 is 11.8 Å². The molecule has 7 nitrogen and oxygen atoms in total. The molecule has 182 valence electrons. The van der Waals surface area contributed by atoms with Crippen molar-refractivity contribution in [3.63, 3.8) is 0 Å². The highest BCUT2D eigenvalue weighted by molar-refractivity contribution is 7.99. The van der Waals surface area contributed by atoms with Gasteiger partial charge < -0.3 is 5.32 Å². The van der Waals surface area contributed by atoms with E-state index in [4.69, 9.17) is 0 Å². The van der Waals surface area contributed by atoms with E-state index in [0.29, 0.717) is 28.8 Å². The Morgan fingerprint density at radius 2 is 1.72 bits per heavy atom. The molecule has 0 aliphatic carbocycles. The lowest BCUT2D eigenvalue weighted by Crippen LogP contribution is -2.24. The highest BCUT2D eigenvalue weighted by Crippen LogP contribution is 2.28. The first kappa shape index (κ1) is 23.8. The van der Waals surface area contributed by atoms with E-state index >= 15 is 0 Å². The van der Waals surface area contributed by atoms with E-state index in [9.17, 15) is 9.59 Å². The minimum atomic E-state index is -0.121. The number of anilines is 1. The molecule has 2 aromatic heterocycles. The van der Waals surface area contributed by atoms with E-state index in [0.717, 1.165) is 27.9 Å². The predicted octanol–water partition coefficient (Wildman–Crippen LogP) is 5.26. The van der Waals surface area contributed by atoms with Crippen LogP contribution in [0.3, 0.4) is 0 Å². The third kappa shape index (κ3) is 4.52. The van der Waals surface area contributed by atoms with E-state index in [1.54, 1.807) is 4.57 Å². The van der Waals surface area contributed by atoms with Gasteiger partial charge in [-0.15, -0.1) is 10.2 Å². The van der Waals surface area contributed by atoms with Crippen molar-refractivity contribution in [3.05, 3.63) is 99.8 Å². The Morgan fingerprint density at radius 3 is 2.50 bits per heavy atom. The van der Waals surface area contributed by atoms with Gasteiger partial charge in [0.2, 0.25) is 11.7 Å². The van der Waals surface area contributed by atoms with Crippen LogP contribution in [0, 0.1) is 6.92 Å². The lowest BCUT2D eigenvalue weighted by Gasteiger charge is -2.16. The lowest BCUT2D eigenvalue weighted by molar-refractivity contribution is -0.113. The van der Waals surface area contributed by atoms with E-state index in [2.05, 4.69) is 29.4 Å². The van der Waals surface area contributed by atoms with Gasteiger partial charge in [0.1, 0.15) is 0 Å². The molecule has 3 aromatic carbocycles. The van der Waals surface area contributed by atoms with Crippen molar-refractivity contribution in [2.75, 3.05) is 11.1 Å². The standard InChI is InChI=1S/C28H27N5O2S/c1-18(2)21-14-9-10-19(3)25(21)29-24(34)17-36-28-31-30-27-32(16-20-11-5-4-6-12-20)26(35)22-13-7-8-15-23(22)33(27)28/h4-15,18H,16-17H2,1-3H3,(H,29,34). The first-order chi connectivity index (χ1) is 17.4. The Bertz CT molecular complexity index is 1620. The van der Waals surface area contributed by atoms with Gasteiger partial charge in [0.25, 0.3) is 5.56 Å². The number of rotatable bonds is 7. The van der Waals surface area contributed by atoms with Gasteiger partial charge in [0.05, 0.1) is 23.2 Å². The first-order valence-corrected chi connectivity index (χ1v) is 12.9. The van der Waals surface area contributed by atoms with Gasteiger partial charge in [0.15, 0.2) is 5.16 Å². The molecule has 0 fully saturated rings. The number of carbonyl (C=O) groups is 1. The summed E-state index contributed by atoms with van der Waals surface area (Å²) >= 11 is 1.30. The quantitative estimate of drug-likeness (QED) is 0.311. The second-order valence-corrected chi connectivity index (χ2v) is 9.99. The number of hydrogen-bond donors (Lipinski definition) is 1. The molecule has 0 unspecified atom stereocenters. The van der Waals surface area contributed by atoms with Crippen molar-refractivity contribution >= 4 is 40.0 Å². The maximum absolute atomic E-state index is 13.4. The number of nitrogens with one attached hydrogen (secondary N) is 1. The molecule has 0 spiro atoms. The molecule has 0 aliphatic heterocycles. The summed E-state index contributed by atoms with van der Waals surface area (Å²) in [4.78, 5) is 26.3. The van der Waals surface area contributed by atoms with Crippen LogP contribution in [0.4, 0.5) is 5.69 Å². The second-order valence-electron chi connectivity index (χ2n) is 9.04. The van der Waals surface area contributed by atoms with Gasteiger partial charge in [-0.05, 0) is 41.7 Å². The van der Waals surface area contributed by atoms with Crippen LogP contribution in [-0.2, 0) is 11.3 Å². The molecule has 0 saturated carbocycles. The molecular weight excluding hydrogens is 470 g/mol. The van der Waals surface area contributed by atoms with Crippen molar-refractivity contribution in [2.45, 2.75) is 38.4 Å². The fourth-order valence-electron chi connectivity index (χ4n) is 4.38. The molecule has 5 aromatic rings. The predicted molar refractivity (Wildman–Crippen MR) is 145 cm³/mol. The third-order valence-corrected chi connectivity index (χ3v) is 7.11. The van der Waals surface area contributed by atoms with E-state index in [1.807, 2.05) is 84.1 Å². The van der Waals surface area contributed by atoms with Crippen molar-refractivity contribution in [1.29, 1.82) is 0 Å². The topological polar surface area (TPSA) is 81.3 Å². The van der Waals surface area contributed by atoms with E-state index < -0.39 is 0 Å². The van der Waals surface area contributed by atoms with Crippen molar-refractivity contribution in [2.24, 2.45) is 0 Å². The summed E-state index contributed by atoms with van der Waals surface area (Å²) in [5.74, 6) is 0.793. The highest BCUT2D eigenvalue weighted by atomic mass is 32.2. The number of thioether (sulfide) groups is 1. The minimum Gasteiger partial charge on any atom is -0.325 e. The van der Waals surface area contributed by atoms with Gasteiger partial charge in [-0.1, -0.05) is 86.3 Å². The number of nitrogens with zero attached hydrogens (tertiary/aromatic N) is 4. The van der Waals surface area contributed by atoms with Crippen molar-refractivity contribution in [3.8, 4) is 0 Å². The monoisotopic (exact) mass is 497 g/mol. The molecule has 5 rings (SSSR count). The number of hydrogen-bond acceptors (Lipinski definition) is 5. The smallest absolute Gasteiger partial charge is 0.263 e. The van der Waals surface area contributed by atoms with Gasteiger partial charge in [-0.25, -0.2) is 0 Å². The zero-order valence-corrected chi connectivity index (χ0v) is 21.2. The summed E-state index contributed by atoms with van der Waals surface area (Å²) in [6.45, 7) is 6.60. The summed E-state index contributed by atoms with van der Waals surface area (Å²) < 4.78 is 3.50.